The topological polar surface area (TPSA) is 100 Å². The number of carbonyl (C=O) groups excluding carboxylic acids is 3. The molecule has 0 aliphatic heterocycles. The van der Waals surface area contributed by atoms with Gasteiger partial charge in [0.05, 0.1) is 13.2 Å². The summed E-state index contributed by atoms with van der Waals surface area (Å²) < 4.78 is 20.3. The molecular formula is C18H25NO7. The van der Waals surface area contributed by atoms with E-state index in [1.54, 1.807) is 26.0 Å². The molecule has 1 aromatic carbocycles. The summed E-state index contributed by atoms with van der Waals surface area (Å²) in [6, 6.07) is 7.44. The summed E-state index contributed by atoms with van der Waals surface area (Å²) in [5.74, 6) is -4.35. The monoisotopic (exact) mass is 367 g/mol. The molecular weight excluding hydrogens is 342 g/mol. The Labute approximate surface area is 152 Å². The maximum atomic E-state index is 12.8. The largest absolute Gasteiger partial charge is 0.464 e. The summed E-state index contributed by atoms with van der Waals surface area (Å²) in [5, 5.41) is 2.31. The molecule has 8 heteroatoms. The quantitative estimate of drug-likeness (QED) is 0.371. The second-order valence-electron chi connectivity index (χ2n) is 5.23. The van der Waals surface area contributed by atoms with Crippen LogP contribution in [0.15, 0.2) is 30.3 Å². The normalized spacial score (nSPS) is 11.1. The van der Waals surface area contributed by atoms with Crippen molar-refractivity contribution in [3.8, 4) is 0 Å². The van der Waals surface area contributed by atoms with Crippen LogP contribution in [-0.2, 0) is 39.8 Å². The lowest BCUT2D eigenvalue weighted by Gasteiger charge is -2.30. The van der Waals surface area contributed by atoms with Crippen LogP contribution in [-0.4, -0.2) is 57.1 Å². The van der Waals surface area contributed by atoms with Crippen molar-refractivity contribution in [2.24, 2.45) is 0 Å². The third-order valence-corrected chi connectivity index (χ3v) is 3.61. The molecule has 0 aliphatic carbocycles. The molecule has 1 rings (SSSR count). The fourth-order valence-electron chi connectivity index (χ4n) is 2.26. The molecule has 8 nitrogen and oxygen atoms in total. The van der Waals surface area contributed by atoms with Crippen molar-refractivity contribution in [3.63, 3.8) is 0 Å². The van der Waals surface area contributed by atoms with Crippen LogP contribution < -0.4 is 5.32 Å². The molecule has 0 radical (unpaired) electrons. The average molecular weight is 367 g/mol. The molecule has 0 unspecified atom stereocenters. The molecule has 144 valence electrons. The van der Waals surface area contributed by atoms with E-state index in [-0.39, 0.29) is 19.6 Å². The van der Waals surface area contributed by atoms with Gasteiger partial charge in [0, 0.05) is 20.6 Å². The van der Waals surface area contributed by atoms with E-state index in [4.69, 9.17) is 18.9 Å². The first-order valence-corrected chi connectivity index (χ1v) is 8.22. The maximum Gasteiger partial charge on any atom is 0.340 e. The fourth-order valence-corrected chi connectivity index (χ4v) is 2.26. The molecule has 0 aliphatic rings. The maximum absolute atomic E-state index is 12.8. The van der Waals surface area contributed by atoms with Crippen molar-refractivity contribution >= 4 is 17.8 Å². The number of nitrogens with one attached hydrogen (secondary N) is 1. The van der Waals surface area contributed by atoms with Crippen molar-refractivity contribution in [2.75, 3.05) is 27.4 Å². The van der Waals surface area contributed by atoms with E-state index in [1.807, 2.05) is 18.2 Å². The number of rotatable bonds is 10. The lowest BCUT2D eigenvalue weighted by molar-refractivity contribution is -0.210. The Kier molecular flexibility index (Phi) is 8.74. The minimum atomic E-state index is -1.72. The summed E-state index contributed by atoms with van der Waals surface area (Å²) in [4.78, 5) is 36.9. The van der Waals surface area contributed by atoms with Gasteiger partial charge < -0.3 is 24.3 Å². The summed E-state index contributed by atoms with van der Waals surface area (Å²) in [6.07, 6.45) is 0.0744. The molecule has 26 heavy (non-hydrogen) atoms. The van der Waals surface area contributed by atoms with Crippen molar-refractivity contribution in [1.29, 1.82) is 0 Å². The first-order valence-electron chi connectivity index (χ1n) is 8.22. The Balaban J connectivity index is 3.04. The van der Waals surface area contributed by atoms with E-state index in [9.17, 15) is 14.4 Å². The average Bonchev–Trinajstić information content (AvgIpc) is 2.65. The van der Waals surface area contributed by atoms with Crippen molar-refractivity contribution in [1.82, 2.24) is 5.32 Å². The third-order valence-electron chi connectivity index (χ3n) is 3.61. The molecule has 0 saturated heterocycles. The van der Waals surface area contributed by atoms with Gasteiger partial charge in [0.25, 0.3) is 11.7 Å². The highest BCUT2D eigenvalue weighted by Crippen LogP contribution is 2.19. The zero-order valence-corrected chi connectivity index (χ0v) is 15.4. The number of amides is 1. The second-order valence-corrected chi connectivity index (χ2v) is 5.23. The SMILES string of the molecule is CCOC(=O)C(NC(=O)C(Cc1ccccc1)(OC)OC)C(=O)OCC. The summed E-state index contributed by atoms with van der Waals surface area (Å²) in [5.41, 5.74) is 0.773. The Morgan fingerprint density at radius 2 is 1.46 bits per heavy atom. The Morgan fingerprint density at radius 3 is 1.88 bits per heavy atom. The van der Waals surface area contributed by atoms with Gasteiger partial charge in [0.2, 0.25) is 6.04 Å². The molecule has 0 aromatic heterocycles. The van der Waals surface area contributed by atoms with Crippen LogP contribution in [0.1, 0.15) is 19.4 Å². The highest BCUT2D eigenvalue weighted by atomic mass is 16.7. The number of benzene rings is 1. The predicted molar refractivity (Wildman–Crippen MR) is 92.1 cm³/mol. The number of hydrogen-bond acceptors (Lipinski definition) is 7. The van der Waals surface area contributed by atoms with Crippen LogP contribution in [0.5, 0.6) is 0 Å². The van der Waals surface area contributed by atoms with Crippen LogP contribution in [0, 0.1) is 0 Å². The highest BCUT2D eigenvalue weighted by molar-refractivity contribution is 6.03. The standard InChI is InChI=1S/C18H25NO7/c1-5-25-15(20)14(16(21)26-6-2)19-17(22)18(23-3,24-4)12-13-10-8-7-9-11-13/h7-11,14H,5-6,12H2,1-4H3,(H,19,22). The zero-order valence-electron chi connectivity index (χ0n) is 15.4. The van der Waals surface area contributed by atoms with Crippen LogP contribution in [0.3, 0.4) is 0 Å². The molecule has 0 saturated carbocycles. The minimum Gasteiger partial charge on any atom is -0.464 e. The summed E-state index contributed by atoms with van der Waals surface area (Å²) >= 11 is 0. The number of ether oxygens (including phenoxy) is 4. The Hall–Kier alpha value is -2.45. The van der Waals surface area contributed by atoms with Gasteiger partial charge in [-0.2, -0.15) is 0 Å². The molecule has 1 N–H and O–H groups in total. The van der Waals surface area contributed by atoms with E-state index in [0.717, 1.165) is 5.56 Å². The molecule has 0 fully saturated rings. The first-order chi connectivity index (χ1) is 12.4. The first kappa shape index (κ1) is 21.6. The van der Waals surface area contributed by atoms with Gasteiger partial charge in [-0.05, 0) is 19.4 Å². The van der Waals surface area contributed by atoms with Crippen molar-refractivity contribution in [3.05, 3.63) is 35.9 Å². The van der Waals surface area contributed by atoms with Gasteiger partial charge in [-0.25, -0.2) is 9.59 Å². The fraction of sp³-hybridized carbons (Fsp3) is 0.500. The Bertz CT molecular complexity index is 581. The van der Waals surface area contributed by atoms with Gasteiger partial charge in [-0.1, -0.05) is 30.3 Å². The van der Waals surface area contributed by atoms with Crippen LogP contribution in [0.2, 0.25) is 0 Å². The van der Waals surface area contributed by atoms with Gasteiger partial charge in [0.15, 0.2) is 0 Å². The van der Waals surface area contributed by atoms with E-state index in [1.165, 1.54) is 14.2 Å². The highest BCUT2D eigenvalue weighted by Gasteiger charge is 2.43. The molecule has 1 amide bonds. The molecule has 1 aromatic rings. The van der Waals surface area contributed by atoms with Crippen LogP contribution in [0.25, 0.3) is 0 Å². The number of esters is 2. The van der Waals surface area contributed by atoms with E-state index in [2.05, 4.69) is 5.32 Å². The number of hydrogen-bond donors (Lipinski definition) is 1. The zero-order chi connectivity index (χ0) is 19.6. The van der Waals surface area contributed by atoms with E-state index in [0.29, 0.717) is 0 Å². The Morgan fingerprint density at radius 1 is 0.962 bits per heavy atom. The van der Waals surface area contributed by atoms with Gasteiger partial charge in [-0.3, -0.25) is 4.79 Å². The van der Waals surface area contributed by atoms with E-state index >= 15 is 0 Å². The van der Waals surface area contributed by atoms with Gasteiger partial charge >= 0.3 is 11.9 Å². The third kappa shape index (κ3) is 5.53. The predicted octanol–water partition coefficient (Wildman–Crippen LogP) is 0.829. The van der Waals surface area contributed by atoms with Crippen molar-refractivity contribution in [2.45, 2.75) is 32.1 Å². The van der Waals surface area contributed by atoms with E-state index < -0.39 is 29.7 Å². The number of carbonyl (C=O) groups is 3. The van der Waals surface area contributed by atoms with Gasteiger partial charge in [0.1, 0.15) is 0 Å². The molecule has 0 bridgehead atoms. The minimum absolute atomic E-state index is 0.0499. The molecule has 0 spiro atoms. The van der Waals surface area contributed by atoms with Crippen LogP contribution in [0.4, 0.5) is 0 Å². The lowest BCUT2D eigenvalue weighted by atomic mass is 10.0. The second kappa shape index (κ2) is 10.5. The smallest absolute Gasteiger partial charge is 0.340 e. The van der Waals surface area contributed by atoms with Crippen molar-refractivity contribution < 1.29 is 33.3 Å². The molecule has 0 heterocycles. The summed E-state index contributed by atoms with van der Waals surface area (Å²) in [6.45, 7) is 3.28. The van der Waals surface area contributed by atoms with Gasteiger partial charge in [-0.15, -0.1) is 0 Å². The van der Waals surface area contributed by atoms with Crippen LogP contribution >= 0.6 is 0 Å². The lowest BCUT2D eigenvalue weighted by Crippen LogP contribution is -2.58. The summed E-state index contributed by atoms with van der Waals surface area (Å²) in [7, 11) is 2.60. The molecule has 0 atom stereocenters. The number of methoxy groups -OCH3 is 2.